The summed E-state index contributed by atoms with van der Waals surface area (Å²) in [6, 6.07) is 0. The maximum atomic E-state index is 11.7. The molecule has 0 bridgehead atoms. The van der Waals surface area contributed by atoms with E-state index < -0.39 is 0 Å². The SMILES string of the molecule is CCOC(=O)N1CCN(CC2(CBr)CCOCC2)CC1. The largest absolute Gasteiger partial charge is 0.450 e. The zero-order valence-corrected chi connectivity index (χ0v) is 13.9. The molecule has 0 spiro atoms. The molecule has 2 aliphatic heterocycles. The molecule has 0 aromatic rings. The fourth-order valence-electron chi connectivity index (χ4n) is 2.92. The van der Waals surface area contributed by atoms with Gasteiger partial charge in [0.1, 0.15) is 0 Å². The fraction of sp³-hybridized carbons (Fsp3) is 0.929. The van der Waals surface area contributed by atoms with Crippen molar-refractivity contribution in [3.05, 3.63) is 0 Å². The standard InChI is InChI=1S/C14H25BrN2O3/c1-2-20-13(18)17-7-5-16(6-8-17)12-14(11-15)3-9-19-10-4-14/h2-12H2,1H3. The van der Waals surface area contributed by atoms with Gasteiger partial charge in [-0.05, 0) is 25.2 Å². The number of amides is 1. The molecule has 6 heteroatoms. The first-order valence-electron chi connectivity index (χ1n) is 7.47. The van der Waals surface area contributed by atoms with Gasteiger partial charge < -0.3 is 14.4 Å². The summed E-state index contributed by atoms with van der Waals surface area (Å²) in [6.07, 6.45) is 2.07. The highest BCUT2D eigenvalue weighted by Crippen LogP contribution is 2.33. The van der Waals surface area contributed by atoms with Crippen molar-refractivity contribution in [3.63, 3.8) is 0 Å². The predicted octanol–water partition coefficient (Wildman–Crippen LogP) is 1.95. The van der Waals surface area contributed by atoms with Crippen LogP contribution in [0.2, 0.25) is 0 Å². The molecule has 1 amide bonds. The van der Waals surface area contributed by atoms with Crippen LogP contribution < -0.4 is 0 Å². The maximum absolute atomic E-state index is 11.7. The van der Waals surface area contributed by atoms with Crippen LogP contribution in [0.5, 0.6) is 0 Å². The molecule has 0 aliphatic carbocycles. The molecule has 2 rings (SSSR count). The summed E-state index contributed by atoms with van der Waals surface area (Å²) in [5.74, 6) is 0. The molecule has 0 atom stereocenters. The van der Waals surface area contributed by atoms with E-state index in [2.05, 4.69) is 20.8 Å². The third-order valence-electron chi connectivity index (χ3n) is 4.29. The lowest BCUT2D eigenvalue weighted by Gasteiger charge is -2.42. The summed E-state index contributed by atoms with van der Waals surface area (Å²) in [6.45, 7) is 8.55. The van der Waals surface area contributed by atoms with Crippen molar-refractivity contribution in [1.82, 2.24) is 9.80 Å². The molecule has 20 heavy (non-hydrogen) atoms. The van der Waals surface area contributed by atoms with Gasteiger partial charge in [-0.3, -0.25) is 4.90 Å². The molecule has 2 fully saturated rings. The van der Waals surface area contributed by atoms with E-state index >= 15 is 0 Å². The Morgan fingerprint density at radius 1 is 1.25 bits per heavy atom. The zero-order valence-electron chi connectivity index (χ0n) is 12.3. The van der Waals surface area contributed by atoms with E-state index in [0.717, 1.165) is 64.1 Å². The van der Waals surface area contributed by atoms with Gasteiger partial charge in [0.15, 0.2) is 0 Å². The van der Waals surface area contributed by atoms with Crippen LogP contribution in [0.25, 0.3) is 0 Å². The number of halogens is 1. The quantitative estimate of drug-likeness (QED) is 0.728. The number of rotatable bonds is 4. The first kappa shape index (κ1) is 16.0. The minimum absolute atomic E-state index is 0.173. The van der Waals surface area contributed by atoms with Gasteiger partial charge in [-0.1, -0.05) is 15.9 Å². The van der Waals surface area contributed by atoms with Crippen LogP contribution in [-0.4, -0.2) is 73.8 Å². The molecule has 0 radical (unpaired) electrons. The molecule has 0 unspecified atom stereocenters. The second-order valence-electron chi connectivity index (χ2n) is 5.71. The molecule has 2 saturated heterocycles. The summed E-state index contributed by atoms with van der Waals surface area (Å²) in [7, 11) is 0. The molecule has 0 N–H and O–H groups in total. The Labute approximate surface area is 129 Å². The number of hydrogen-bond acceptors (Lipinski definition) is 4. The minimum Gasteiger partial charge on any atom is -0.450 e. The number of piperazine rings is 1. The molecule has 0 saturated carbocycles. The van der Waals surface area contributed by atoms with Crippen LogP contribution in [0.3, 0.4) is 0 Å². The van der Waals surface area contributed by atoms with Crippen molar-refractivity contribution in [2.45, 2.75) is 19.8 Å². The van der Waals surface area contributed by atoms with Crippen LogP contribution >= 0.6 is 15.9 Å². The van der Waals surface area contributed by atoms with E-state index in [9.17, 15) is 4.79 Å². The monoisotopic (exact) mass is 348 g/mol. The Morgan fingerprint density at radius 2 is 1.90 bits per heavy atom. The molecule has 116 valence electrons. The first-order chi connectivity index (χ1) is 9.69. The van der Waals surface area contributed by atoms with Gasteiger partial charge in [-0.2, -0.15) is 0 Å². The number of carbonyl (C=O) groups is 1. The highest BCUT2D eigenvalue weighted by Gasteiger charge is 2.34. The normalized spacial score (nSPS) is 23.6. The van der Waals surface area contributed by atoms with E-state index in [-0.39, 0.29) is 6.09 Å². The van der Waals surface area contributed by atoms with Gasteiger partial charge in [0, 0.05) is 51.3 Å². The predicted molar refractivity (Wildman–Crippen MR) is 81.3 cm³/mol. The summed E-state index contributed by atoms with van der Waals surface area (Å²) in [5, 5.41) is 1.03. The fourth-order valence-corrected chi connectivity index (χ4v) is 3.65. The third-order valence-corrected chi connectivity index (χ3v) is 5.48. The number of alkyl halides is 1. The maximum Gasteiger partial charge on any atom is 0.409 e. The lowest BCUT2D eigenvalue weighted by Crippen LogP contribution is -2.52. The van der Waals surface area contributed by atoms with Crippen molar-refractivity contribution in [1.29, 1.82) is 0 Å². The number of nitrogens with zero attached hydrogens (tertiary/aromatic N) is 2. The molecule has 2 heterocycles. The van der Waals surface area contributed by atoms with Crippen LogP contribution in [0.4, 0.5) is 4.79 Å². The van der Waals surface area contributed by atoms with Gasteiger partial charge in [0.05, 0.1) is 6.61 Å². The first-order valence-corrected chi connectivity index (χ1v) is 8.59. The smallest absolute Gasteiger partial charge is 0.409 e. The highest BCUT2D eigenvalue weighted by molar-refractivity contribution is 9.09. The number of hydrogen-bond donors (Lipinski definition) is 0. The van der Waals surface area contributed by atoms with Crippen LogP contribution in [0.15, 0.2) is 0 Å². The van der Waals surface area contributed by atoms with Gasteiger partial charge in [-0.25, -0.2) is 4.79 Å². The van der Waals surface area contributed by atoms with Crippen molar-refractivity contribution in [3.8, 4) is 0 Å². The summed E-state index contributed by atoms with van der Waals surface area (Å²) in [4.78, 5) is 16.0. The van der Waals surface area contributed by atoms with Crippen LogP contribution in [0.1, 0.15) is 19.8 Å². The Bertz CT molecular complexity index is 314. The third kappa shape index (κ3) is 4.09. The second kappa shape index (κ2) is 7.61. The molecular weight excluding hydrogens is 324 g/mol. The van der Waals surface area contributed by atoms with Crippen LogP contribution in [-0.2, 0) is 9.47 Å². The summed E-state index contributed by atoms with van der Waals surface area (Å²) >= 11 is 3.68. The van der Waals surface area contributed by atoms with Crippen LogP contribution in [0, 0.1) is 5.41 Å². The number of carbonyl (C=O) groups excluding carboxylic acids is 1. The van der Waals surface area contributed by atoms with Crippen molar-refractivity contribution >= 4 is 22.0 Å². The Hall–Kier alpha value is -0.330. The average Bonchev–Trinajstić information content (AvgIpc) is 2.49. The molecule has 2 aliphatic rings. The highest BCUT2D eigenvalue weighted by atomic mass is 79.9. The van der Waals surface area contributed by atoms with E-state index in [1.165, 1.54) is 0 Å². The minimum atomic E-state index is -0.173. The van der Waals surface area contributed by atoms with Gasteiger partial charge in [-0.15, -0.1) is 0 Å². The second-order valence-corrected chi connectivity index (χ2v) is 6.27. The van der Waals surface area contributed by atoms with E-state index in [1.807, 2.05) is 11.8 Å². The van der Waals surface area contributed by atoms with E-state index in [4.69, 9.17) is 9.47 Å². The molecule has 5 nitrogen and oxygen atoms in total. The lowest BCUT2D eigenvalue weighted by molar-refractivity contribution is -0.000554. The van der Waals surface area contributed by atoms with Crippen molar-refractivity contribution in [2.24, 2.45) is 5.41 Å². The van der Waals surface area contributed by atoms with Gasteiger partial charge in [0.2, 0.25) is 0 Å². The topological polar surface area (TPSA) is 42.0 Å². The van der Waals surface area contributed by atoms with Gasteiger partial charge >= 0.3 is 6.09 Å². The summed E-state index contributed by atoms with van der Waals surface area (Å²) < 4.78 is 10.5. The van der Waals surface area contributed by atoms with Gasteiger partial charge in [0.25, 0.3) is 0 Å². The Balaban J connectivity index is 1.80. The molecule has 0 aromatic heterocycles. The Morgan fingerprint density at radius 3 is 2.45 bits per heavy atom. The molecule has 0 aromatic carbocycles. The summed E-state index contributed by atoms with van der Waals surface area (Å²) in [5.41, 5.74) is 0.338. The lowest BCUT2D eigenvalue weighted by atomic mass is 9.81. The zero-order chi connectivity index (χ0) is 14.4. The molecular formula is C14H25BrN2O3. The van der Waals surface area contributed by atoms with E-state index in [0.29, 0.717) is 12.0 Å². The Kier molecular flexibility index (Phi) is 6.11. The van der Waals surface area contributed by atoms with Crippen molar-refractivity contribution in [2.75, 3.05) is 57.9 Å². The van der Waals surface area contributed by atoms with E-state index in [1.54, 1.807) is 0 Å². The average molecular weight is 349 g/mol. The van der Waals surface area contributed by atoms with Crippen molar-refractivity contribution < 1.29 is 14.3 Å². The number of ether oxygens (including phenoxy) is 2.